The van der Waals surface area contributed by atoms with Crippen LogP contribution in [0.1, 0.15) is 20.8 Å². The third-order valence-corrected chi connectivity index (χ3v) is 6.11. The molecule has 0 aliphatic rings. The number of rotatable bonds is 4. The Hall–Kier alpha value is -1.34. The van der Waals surface area contributed by atoms with E-state index in [1.807, 2.05) is 13.8 Å². The molecule has 3 aromatic rings. The lowest BCUT2D eigenvalue weighted by Gasteiger charge is -2.04. The number of ketones is 1. The number of fused-ring (bicyclic) bond motifs is 1. The summed E-state index contributed by atoms with van der Waals surface area (Å²) in [5.74, 6) is -0.0259. The smallest absolute Gasteiger partial charge is 0.260 e. The lowest BCUT2D eigenvalue weighted by molar-refractivity contribution is 0.102. The maximum absolute atomic E-state index is 12.3. The molecule has 0 spiro atoms. The molecule has 0 unspecified atom stereocenters. The maximum Gasteiger partial charge on any atom is 0.260 e. The minimum atomic E-state index is -0.179. The predicted octanol–water partition coefficient (Wildman–Crippen LogP) is 4.88. The quantitative estimate of drug-likeness (QED) is 0.386. The number of carbonyl (C=O) groups excluding carboxylic acids is 1. The molecule has 0 bridgehead atoms. The van der Waals surface area contributed by atoms with E-state index in [0.29, 0.717) is 31.0 Å². The second-order valence-corrected chi connectivity index (χ2v) is 8.18. The Morgan fingerprint density at radius 1 is 1.33 bits per heavy atom. The zero-order valence-corrected chi connectivity index (χ0v) is 15.9. The van der Waals surface area contributed by atoms with E-state index in [0.717, 1.165) is 10.4 Å². The van der Waals surface area contributed by atoms with Crippen LogP contribution in [0.2, 0.25) is 10.0 Å². The Bertz CT molecular complexity index is 1010. The van der Waals surface area contributed by atoms with Crippen molar-refractivity contribution in [2.75, 3.05) is 5.75 Å². The van der Waals surface area contributed by atoms with Crippen molar-refractivity contribution in [3.63, 3.8) is 0 Å². The Morgan fingerprint density at radius 2 is 2.08 bits per heavy atom. The average molecular weight is 399 g/mol. The molecule has 1 aromatic carbocycles. The normalized spacial score (nSPS) is 11.2. The maximum atomic E-state index is 12.3. The molecule has 0 fully saturated rings. The number of aryl methyl sites for hydroxylation is 2. The van der Waals surface area contributed by atoms with Gasteiger partial charge in [0.2, 0.25) is 0 Å². The van der Waals surface area contributed by atoms with Crippen molar-refractivity contribution in [3.05, 3.63) is 54.6 Å². The number of benzene rings is 1. The number of carbonyl (C=O) groups is 1. The van der Waals surface area contributed by atoms with E-state index < -0.39 is 0 Å². The van der Waals surface area contributed by atoms with Gasteiger partial charge in [-0.2, -0.15) is 0 Å². The summed E-state index contributed by atoms with van der Waals surface area (Å²) in [5, 5.41) is 1.83. The van der Waals surface area contributed by atoms with Crippen LogP contribution in [-0.4, -0.2) is 21.5 Å². The van der Waals surface area contributed by atoms with Crippen molar-refractivity contribution < 1.29 is 4.79 Å². The summed E-state index contributed by atoms with van der Waals surface area (Å²) in [4.78, 5) is 33.4. The molecule has 24 heavy (non-hydrogen) atoms. The molecule has 0 saturated carbocycles. The number of Topliss-reactive ketones (excluding diaryl/α,β-unsaturated/α-hetero) is 1. The van der Waals surface area contributed by atoms with Gasteiger partial charge < -0.3 is 4.98 Å². The van der Waals surface area contributed by atoms with Crippen LogP contribution in [0.5, 0.6) is 0 Å². The van der Waals surface area contributed by atoms with E-state index in [-0.39, 0.29) is 17.1 Å². The van der Waals surface area contributed by atoms with Crippen LogP contribution in [0.15, 0.2) is 28.2 Å². The standard InChI is InChI=1S/C16H12Cl2N2O2S2/c1-7-8(2)24-15-13(7)14(22)19-16(20-15)23-6-12(21)10-4-3-9(17)5-11(10)18/h3-5H,6H2,1-2H3,(H,19,20,22). The van der Waals surface area contributed by atoms with Gasteiger partial charge in [0.15, 0.2) is 10.9 Å². The lowest BCUT2D eigenvalue weighted by Crippen LogP contribution is -2.10. The number of aromatic amines is 1. The molecule has 0 radical (unpaired) electrons. The van der Waals surface area contributed by atoms with Crippen molar-refractivity contribution in [1.29, 1.82) is 0 Å². The van der Waals surface area contributed by atoms with Crippen LogP contribution in [0.25, 0.3) is 10.2 Å². The SMILES string of the molecule is Cc1sc2nc(SCC(=O)c3ccc(Cl)cc3Cl)[nH]c(=O)c2c1C. The van der Waals surface area contributed by atoms with Crippen LogP contribution < -0.4 is 5.56 Å². The van der Waals surface area contributed by atoms with E-state index in [1.54, 1.807) is 12.1 Å². The molecule has 0 aliphatic carbocycles. The fourth-order valence-corrected chi connectivity index (χ4v) is 4.58. The first-order chi connectivity index (χ1) is 11.4. The second-order valence-electron chi connectivity index (χ2n) is 5.17. The highest BCUT2D eigenvalue weighted by molar-refractivity contribution is 7.99. The summed E-state index contributed by atoms with van der Waals surface area (Å²) in [5.41, 5.74) is 1.17. The summed E-state index contributed by atoms with van der Waals surface area (Å²) < 4.78 is 0. The van der Waals surface area contributed by atoms with Gasteiger partial charge in [-0.05, 0) is 37.6 Å². The van der Waals surface area contributed by atoms with E-state index in [1.165, 1.54) is 29.2 Å². The Kier molecular flexibility index (Phi) is 5.01. The topological polar surface area (TPSA) is 62.8 Å². The number of halogens is 2. The van der Waals surface area contributed by atoms with Crippen molar-refractivity contribution >= 4 is 62.3 Å². The molecule has 0 amide bonds. The van der Waals surface area contributed by atoms with Gasteiger partial charge in [0.05, 0.1) is 16.2 Å². The molecule has 2 heterocycles. The number of H-pyrrole nitrogens is 1. The van der Waals surface area contributed by atoms with Gasteiger partial charge in [-0.1, -0.05) is 35.0 Å². The van der Waals surface area contributed by atoms with Crippen LogP contribution in [0.4, 0.5) is 0 Å². The molecule has 0 aliphatic heterocycles. The highest BCUT2D eigenvalue weighted by Crippen LogP contribution is 2.28. The number of hydrogen-bond acceptors (Lipinski definition) is 5. The van der Waals surface area contributed by atoms with E-state index in [4.69, 9.17) is 23.2 Å². The van der Waals surface area contributed by atoms with Gasteiger partial charge in [-0.15, -0.1) is 11.3 Å². The molecular formula is C16H12Cl2N2O2S2. The van der Waals surface area contributed by atoms with Gasteiger partial charge in [-0.3, -0.25) is 9.59 Å². The van der Waals surface area contributed by atoms with Gasteiger partial charge in [0.25, 0.3) is 5.56 Å². The van der Waals surface area contributed by atoms with Crippen molar-refractivity contribution in [2.24, 2.45) is 0 Å². The predicted molar refractivity (Wildman–Crippen MR) is 101 cm³/mol. The van der Waals surface area contributed by atoms with Crippen LogP contribution in [-0.2, 0) is 0 Å². The first kappa shape index (κ1) is 17.5. The molecule has 8 heteroatoms. The van der Waals surface area contributed by atoms with Gasteiger partial charge in [0, 0.05) is 15.5 Å². The molecule has 0 atom stereocenters. The molecule has 0 saturated heterocycles. The largest absolute Gasteiger partial charge is 0.301 e. The number of nitrogens with one attached hydrogen (secondary N) is 1. The fraction of sp³-hybridized carbons (Fsp3) is 0.188. The number of hydrogen-bond donors (Lipinski definition) is 1. The number of nitrogens with zero attached hydrogens (tertiary/aromatic N) is 1. The number of thiophene rings is 1. The van der Waals surface area contributed by atoms with E-state index in [2.05, 4.69) is 9.97 Å². The summed E-state index contributed by atoms with van der Waals surface area (Å²) in [6.45, 7) is 3.87. The Labute approximate surface area is 156 Å². The van der Waals surface area contributed by atoms with Crippen LogP contribution in [0.3, 0.4) is 0 Å². The first-order valence-corrected chi connectivity index (χ1v) is 9.53. The molecule has 4 nitrogen and oxygen atoms in total. The minimum absolute atomic E-state index is 0.124. The number of aromatic nitrogens is 2. The lowest BCUT2D eigenvalue weighted by atomic mass is 10.1. The third kappa shape index (κ3) is 3.37. The molecule has 1 N–H and O–H groups in total. The molecule has 124 valence electrons. The summed E-state index contributed by atoms with van der Waals surface area (Å²) in [7, 11) is 0. The Balaban J connectivity index is 1.83. The van der Waals surface area contributed by atoms with Crippen molar-refractivity contribution in [1.82, 2.24) is 9.97 Å². The number of thioether (sulfide) groups is 1. The highest BCUT2D eigenvalue weighted by Gasteiger charge is 2.15. The monoisotopic (exact) mass is 398 g/mol. The van der Waals surface area contributed by atoms with Crippen molar-refractivity contribution in [2.45, 2.75) is 19.0 Å². The zero-order valence-electron chi connectivity index (χ0n) is 12.8. The molecular weight excluding hydrogens is 387 g/mol. The van der Waals surface area contributed by atoms with Gasteiger partial charge in [0.1, 0.15) is 4.83 Å². The minimum Gasteiger partial charge on any atom is -0.301 e. The summed E-state index contributed by atoms with van der Waals surface area (Å²) >= 11 is 14.5. The van der Waals surface area contributed by atoms with Crippen LogP contribution in [0, 0.1) is 13.8 Å². The van der Waals surface area contributed by atoms with Gasteiger partial charge >= 0.3 is 0 Å². The van der Waals surface area contributed by atoms with Crippen LogP contribution >= 0.6 is 46.3 Å². The zero-order chi connectivity index (χ0) is 17.4. The second kappa shape index (κ2) is 6.88. The summed E-state index contributed by atoms with van der Waals surface area (Å²) in [6.07, 6.45) is 0. The van der Waals surface area contributed by atoms with E-state index in [9.17, 15) is 9.59 Å². The van der Waals surface area contributed by atoms with Crippen molar-refractivity contribution in [3.8, 4) is 0 Å². The Morgan fingerprint density at radius 3 is 2.79 bits per heavy atom. The highest BCUT2D eigenvalue weighted by atomic mass is 35.5. The molecule has 3 rings (SSSR count). The average Bonchev–Trinajstić information content (AvgIpc) is 2.80. The summed E-state index contributed by atoms with van der Waals surface area (Å²) in [6, 6.07) is 4.75. The van der Waals surface area contributed by atoms with E-state index >= 15 is 0 Å². The fourth-order valence-electron chi connectivity index (χ4n) is 2.23. The molecule has 2 aromatic heterocycles. The van der Waals surface area contributed by atoms with Gasteiger partial charge in [-0.25, -0.2) is 4.98 Å². The third-order valence-electron chi connectivity index (χ3n) is 3.59. The first-order valence-electron chi connectivity index (χ1n) is 6.98.